The molecular weight excluding hydrogens is 252 g/mol. The van der Waals surface area contributed by atoms with E-state index in [1.807, 2.05) is 12.1 Å². The fraction of sp³-hybridized carbons (Fsp3) is 0.375. The first-order chi connectivity index (χ1) is 9.77. The van der Waals surface area contributed by atoms with E-state index in [1.54, 1.807) is 24.3 Å². The molecule has 1 N–H and O–H groups in total. The number of para-hydroxylation sites is 1. The second-order valence-electron chi connectivity index (χ2n) is 4.35. The summed E-state index contributed by atoms with van der Waals surface area (Å²) in [6, 6.07) is 9.01. The van der Waals surface area contributed by atoms with Crippen LogP contribution in [-0.2, 0) is 9.53 Å². The molecule has 1 rings (SSSR count). The van der Waals surface area contributed by atoms with Crippen LogP contribution in [0.3, 0.4) is 0 Å². The summed E-state index contributed by atoms with van der Waals surface area (Å²) in [4.78, 5) is 11.7. The summed E-state index contributed by atoms with van der Waals surface area (Å²) in [5, 5.41) is 11.7. The van der Waals surface area contributed by atoms with E-state index in [0.29, 0.717) is 37.3 Å². The fourth-order valence-electron chi connectivity index (χ4n) is 1.67. The van der Waals surface area contributed by atoms with Gasteiger partial charge >= 0.3 is 0 Å². The molecule has 0 radical (unpaired) electrons. The van der Waals surface area contributed by atoms with E-state index in [2.05, 4.69) is 11.9 Å². The number of ether oxygens (including phenoxy) is 1. The smallest absolute Gasteiger partial charge is 0.224 e. The van der Waals surface area contributed by atoms with Crippen molar-refractivity contribution < 1.29 is 9.53 Å². The van der Waals surface area contributed by atoms with Gasteiger partial charge in [0.05, 0.1) is 11.3 Å². The Morgan fingerprint density at radius 3 is 2.85 bits per heavy atom. The van der Waals surface area contributed by atoms with Crippen LogP contribution in [0.4, 0.5) is 5.69 Å². The predicted octanol–water partition coefficient (Wildman–Crippen LogP) is 3.26. The molecule has 1 aromatic rings. The molecule has 0 bridgehead atoms. The van der Waals surface area contributed by atoms with E-state index in [4.69, 9.17) is 10.00 Å². The molecule has 0 aliphatic carbocycles. The van der Waals surface area contributed by atoms with E-state index in [-0.39, 0.29) is 5.91 Å². The van der Waals surface area contributed by atoms with Gasteiger partial charge in [-0.15, -0.1) is 6.58 Å². The third-order valence-electron chi connectivity index (χ3n) is 2.71. The van der Waals surface area contributed by atoms with E-state index < -0.39 is 0 Å². The van der Waals surface area contributed by atoms with Crippen molar-refractivity contribution in [2.24, 2.45) is 0 Å². The molecule has 0 spiro atoms. The van der Waals surface area contributed by atoms with Crippen molar-refractivity contribution >= 4 is 11.6 Å². The number of hydrogen-bond acceptors (Lipinski definition) is 3. The van der Waals surface area contributed by atoms with Crippen molar-refractivity contribution in [1.29, 1.82) is 5.26 Å². The number of carbonyl (C=O) groups is 1. The van der Waals surface area contributed by atoms with Gasteiger partial charge < -0.3 is 10.1 Å². The number of nitriles is 1. The van der Waals surface area contributed by atoms with E-state index in [1.165, 1.54) is 0 Å². The predicted molar refractivity (Wildman–Crippen MR) is 79.3 cm³/mol. The zero-order valence-corrected chi connectivity index (χ0v) is 11.6. The van der Waals surface area contributed by atoms with Gasteiger partial charge in [-0.1, -0.05) is 18.2 Å². The van der Waals surface area contributed by atoms with Gasteiger partial charge in [-0.2, -0.15) is 5.26 Å². The number of benzene rings is 1. The highest BCUT2D eigenvalue weighted by molar-refractivity contribution is 5.92. The van der Waals surface area contributed by atoms with Crippen LogP contribution in [0.25, 0.3) is 0 Å². The number of nitrogens with one attached hydrogen (secondary N) is 1. The molecule has 0 heterocycles. The molecule has 0 aromatic heterocycles. The van der Waals surface area contributed by atoms with Crippen molar-refractivity contribution in [3.05, 3.63) is 42.5 Å². The third kappa shape index (κ3) is 6.17. The van der Waals surface area contributed by atoms with Gasteiger partial charge in [0, 0.05) is 19.6 Å². The Labute approximate surface area is 120 Å². The van der Waals surface area contributed by atoms with Crippen LogP contribution < -0.4 is 5.32 Å². The largest absolute Gasteiger partial charge is 0.381 e. The summed E-state index contributed by atoms with van der Waals surface area (Å²) >= 11 is 0. The molecule has 0 aliphatic heterocycles. The van der Waals surface area contributed by atoms with Gasteiger partial charge in [0.15, 0.2) is 0 Å². The Morgan fingerprint density at radius 1 is 1.35 bits per heavy atom. The average Bonchev–Trinajstić information content (AvgIpc) is 2.47. The summed E-state index contributed by atoms with van der Waals surface area (Å²) in [5.74, 6) is -0.0950. The lowest BCUT2D eigenvalue weighted by molar-refractivity contribution is -0.116. The second-order valence-corrected chi connectivity index (χ2v) is 4.35. The molecule has 0 saturated heterocycles. The quantitative estimate of drug-likeness (QED) is 0.554. The highest BCUT2D eigenvalue weighted by atomic mass is 16.5. The maximum Gasteiger partial charge on any atom is 0.224 e. The van der Waals surface area contributed by atoms with Crippen LogP contribution in [0.2, 0.25) is 0 Å². The molecular formula is C16H20N2O2. The van der Waals surface area contributed by atoms with E-state index in [0.717, 1.165) is 12.8 Å². The molecule has 0 saturated carbocycles. The molecule has 106 valence electrons. The van der Waals surface area contributed by atoms with E-state index in [9.17, 15) is 4.79 Å². The summed E-state index contributed by atoms with van der Waals surface area (Å²) in [6.45, 7) is 4.91. The number of hydrogen-bond donors (Lipinski definition) is 1. The minimum Gasteiger partial charge on any atom is -0.381 e. The summed E-state index contributed by atoms with van der Waals surface area (Å²) < 4.78 is 5.40. The molecule has 4 nitrogen and oxygen atoms in total. The molecule has 20 heavy (non-hydrogen) atoms. The molecule has 1 amide bonds. The lowest BCUT2D eigenvalue weighted by Crippen LogP contribution is -2.13. The second kappa shape index (κ2) is 9.76. The van der Waals surface area contributed by atoms with Crippen LogP contribution in [0.5, 0.6) is 0 Å². The van der Waals surface area contributed by atoms with Gasteiger partial charge in [-0.25, -0.2) is 0 Å². The third-order valence-corrected chi connectivity index (χ3v) is 2.71. The molecule has 4 heteroatoms. The number of rotatable bonds is 9. The average molecular weight is 272 g/mol. The fourth-order valence-corrected chi connectivity index (χ4v) is 1.67. The maximum absolute atomic E-state index is 11.7. The Hall–Kier alpha value is -2.12. The Bertz CT molecular complexity index is 478. The SMILES string of the molecule is C=CCCCOCCCC(=O)Nc1ccccc1C#N. The lowest BCUT2D eigenvalue weighted by Gasteiger charge is -2.07. The van der Waals surface area contributed by atoms with Crippen molar-refractivity contribution in [2.75, 3.05) is 18.5 Å². The molecule has 1 aromatic carbocycles. The lowest BCUT2D eigenvalue weighted by atomic mass is 10.2. The van der Waals surface area contributed by atoms with Gasteiger partial charge in [-0.05, 0) is 31.4 Å². The van der Waals surface area contributed by atoms with Crippen LogP contribution >= 0.6 is 0 Å². The number of anilines is 1. The Balaban J connectivity index is 2.21. The summed E-state index contributed by atoms with van der Waals surface area (Å²) in [5.41, 5.74) is 1.04. The normalized spacial score (nSPS) is 9.75. The van der Waals surface area contributed by atoms with Crippen LogP contribution in [0.1, 0.15) is 31.2 Å². The summed E-state index contributed by atoms with van der Waals surface area (Å²) in [7, 11) is 0. The number of nitrogens with zero attached hydrogens (tertiary/aromatic N) is 1. The highest BCUT2D eigenvalue weighted by Crippen LogP contribution is 2.13. The van der Waals surface area contributed by atoms with Gasteiger partial charge in [0.1, 0.15) is 6.07 Å². The first-order valence-corrected chi connectivity index (χ1v) is 6.75. The van der Waals surface area contributed by atoms with Gasteiger partial charge in [0.2, 0.25) is 5.91 Å². The minimum absolute atomic E-state index is 0.0950. The van der Waals surface area contributed by atoms with Crippen molar-refractivity contribution in [2.45, 2.75) is 25.7 Å². The number of unbranched alkanes of at least 4 members (excludes halogenated alkanes) is 1. The first kappa shape index (κ1) is 15.9. The molecule has 0 unspecified atom stereocenters. The Kier molecular flexibility index (Phi) is 7.78. The summed E-state index contributed by atoms with van der Waals surface area (Å²) in [6.07, 6.45) is 4.84. The standard InChI is InChI=1S/C16H20N2O2/c1-2-3-6-11-20-12-7-10-16(19)18-15-9-5-4-8-14(15)13-17/h2,4-5,8-9H,1,3,6-7,10-12H2,(H,18,19). The van der Waals surface area contributed by atoms with Crippen LogP contribution in [0, 0.1) is 11.3 Å². The maximum atomic E-state index is 11.7. The minimum atomic E-state index is -0.0950. The molecule has 0 fully saturated rings. The van der Waals surface area contributed by atoms with Crippen molar-refractivity contribution in [1.82, 2.24) is 0 Å². The monoisotopic (exact) mass is 272 g/mol. The highest BCUT2D eigenvalue weighted by Gasteiger charge is 2.05. The zero-order chi connectivity index (χ0) is 14.6. The van der Waals surface area contributed by atoms with Crippen molar-refractivity contribution in [3.8, 4) is 6.07 Å². The first-order valence-electron chi connectivity index (χ1n) is 6.75. The Morgan fingerprint density at radius 2 is 2.10 bits per heavy atom. The van der Waals surface area contributed by atoms with Crippen LogP contribution in [0.15, 0.2) is 36.9 Å². The molecule has 0 atom stereocenters. The van der Waals surface area contributed by atoms with Gasteiger partial charge in [0.25, 0.3) is 0 Å². The van der Waals surface area contributed by atoms with Crippen LogP contribution in [-0.4, -0.2) is 19.1 Å². The topological polar surface area (TPSA) is 62.1 Å². The number of carbonyl (C=O) groups excluding carboxylic acids is 1. The number of amides is 1. The molecule has 0 aliphatic rings. The van der Waals surface area contributed by atoms with Gasteiger partial charge in [-0.3, -0.25) is 4.79 Å². The zero-order valence-electron chi connectivity index (χ0n) is 11.6. The van der Waals surface area contributed by atoms with Crippen molar-refractivity contribution in [3.63, 3.8) is 0 Å². The number of allylic oxidation sites excluding steroid dienone is 1. The van der Waals surface area contributed by atoms with E-state index >= 15 is 0 Å².